The van der Waals surface area contributed by atoms with Crippen LogP contribution in [0.15, 0.2) is 72.8 Å². The minimum Gasteiger partial charge on any atom is -0.495 e. The van der Waals surface area contributed by atoms with Gasteiger partial charge in [-0.25, -0.2) is 8.78 Å². The van der Waals surface area contributed by atoms with Gasteiger partial charge in [0, 0.05) is 63.5 Å². The Kier molecular flexibility index (Phi) is 8.20. The molecule has 0 spiro atoms. The number of ether oxygens (including phenoxy) is 1. The van der Waals surface area contributed by atoms with Gasteiger partial charge in [0.1, 0.15) is 17.4 Å². The van der Waals surface area contributed by atoms with Gasteiger partial charge in [0.15, 0.2) is 0 Å². The molecule has 2 aliphatic heterocycles. The number of anilines is 1. The second kappa shape index (κ2) is 11.9. The summed E-state index contributed by atoms with van der Waals surface area (Å²) in [5.74, 6) is -0.170. The zero-order valence-corrected chi connectivity index (χ0v) is 21.7. The van der Waals surface area contributed by atoms with E-state index in [9.17, 15) is 13.6 Å². The summed E-state index contributed by atoms with van der Waals surface area (Å²) in [6, 6.07) is 21.5. The predicted octanol–water partition coefficient (Wildman–Crippen LogP) is 4.05. The summed E-state index contributed by atoms with van der Waals surface area (Å²) in [7, 11) is 1.68. The highest BCUT2D eigenvalue weighted by Crippen LogP contribution is 2.29. The summed E-state index contributed by atoms with van der Waals surface area (Å²) < 4.78 is 33.0. The molecule has 6 nitrogen and oxygen atoms in total. The Balaban J connectivity index is 1.25. The Bertz CT molecular complexity index is 1230. The highest BCUT2D eigenvalue weighted by Gasteiger charge is 2.39. The van der Waals surface area contributed by atoms with Crippen LogP contribution in [0.25, 0.3) is 0 Å². The molecule has 0 saturated carbocycles. The summed E-state index contributed by atoms with van der Waals surface area (Å²) in [6.45, 7) is 4.40. The van der Waals surface area contributed by atoms with E-state index in [2.05, 4.69) is 33.3 Å². The van der Waals surface area contributed by atoms with Gasteiger partial charge in [0.05, 0.1) is 18.8 Å². The first-order valence-electron chi connectivity index (χ1n) is 13.1. The van der Waals surface area contributed by atoms with E-state index < -0.39 is 11.6 Å². The number of carbonyl (C=O) groups is 1. The number of carbonyl (C=O) groups excluding carboxylic acids is 1. The number of piperazine rings is 1. The maximum absolute atomic E-state index is 14.2. The summed E-state index contributed by atoms with van der Waals surface area (Å²) in [5.41, 5.74) is 2.62. The van der Waals surface area contributed by atoms with Gasteiger partial charge in [-0.15, -0.1) is 0 Å². The van der Waals surface area contributed by atoms with Crippen molar-refractivity contribution in [3.63, 3.8) is 0 Å². The molecule has 2 aliphatic rings. The van der Waals surface area contributed by atoms with Crippen LogP contribution in [-0.2, 0) is 17.9 Å². The molecule has 0 bridgehead atoms. The van der Waals surface area contributed by atoms with E-state index in [4.69, 9.17) is 4.74 Å². The molecule has 0 aliphatic carbocycles. The highest BCUT2D eigenvalue weighted by molar-refractivity contribution is 5.82. The Labute approximate surface area is 222 Å². The summed E-state index contributed by atoms with van der Waals surface area (Å²) in [6.07, 6.45) is 0.640. The van der Waals surface area contributed by atoms with Crippen LogP contribution in [-0.4, -0.2) is 67.6 Å². The van der Waals surface area contributed by atoms with E-state index in [-0.39, 0.29) is 24.5 Å². The number of nitrogens with one attached hydrogen (secondary N) is 1. The zero-order valence-electron chi connectivity index (χ0n) is 21.7. The van der Waals surface area contributed by atoms with Crippen molar-refractivity contribution in [2.75, 3.05) is 44.7 Å². The van der Waals surface area contributed by atoms with Gasteiger partial charge >= 0.3 is 0 Å². The number of benzene rings is 3. The van der Waals surface area contributed by atoms with Crippen LogP contribution < -0.4 is 15.0 Å². The molecule has 2 fully saturated rings. The normalized spacial score (nSPS) is 20.1. The van der Waals surface area contributed by atoms with Crippen LogP contribution in [0.1, 0.15) is 17.5 Å². The van der Waals surface area contributed by atoms with Crippen LogP contribution in [0.5, 0.6) is 5.75 Å². The number of likely N-dealkylation sites (tertiary alicyclic amines) is 1. The number of methoxy groups -OCH3 is 1. The summed E-state index contributed by atoms with van der Waals surface area (Å²) in [5, 5.41) is 3.41. The Morgan fingerprint density at radius 1 is 0.974 bits per heavy atom. The number of hydrogen-bond donors (Lipinski definition) is 1. The molecule has 3 aromatic carbocycles. The molecule has 3 aromatic rings. The van der Waals surface area contributed by atoms with Crippen molar-refractivity contribution < 1.29 is 18.3 Å². The van der Waals surface area contributed by atoms with Gasteiger partial charge in [0.2, 0.25) is 5.91 Å². The number of amides is 1. The van der Waals surface area contributed by atoms with Crippen LogP contribution in [0, 0.1) is 11.6 Å². The van der Waals surface area contributed by atoms with Crippen molar-refractivity contribution in [1.29, 1.82) is 0 Å². The molecule has 0 unspecified atom stereocenters. The minimum absolute atomic E-state index is 0.0204. The third kappa shape index (κ3) is 5.97. The van der Waals surface area contributed by atoms with Gasteiger partial charge in [-0.1, -0.05) is 48.5 Å². The fraction of sp³-hybridized carbons (Fsp3) is 0.367. The summed E-state index contributed by atoms with van der Waals surface area (Å²) >= 11 is 0. The van der Waals surface area contributed by atoms with E-state index >= 15 is 0 Å². The van der Waals surface area contributed by atoms with Crippen molar-refractivity contribution in [2.24, 2.45) is 0 Å². The monoisotopic (exact) mass is 520 g/mol. The average molecular weight is 521 g/mol. The first kappa shape index (κ1) is 26.1. The molecule has 2 heterocycles. The zero-order chi connectivity index (χ0) is 26.5. The van der Waals surface area contributed by atoms with Crippen LogP contribution in [0.3, 0.4) is 0 Å². The van der Waals surface area contributed by atoms with Crippen molar-refractivity contribution in [3.05, 3.63) is 95.6 Å². The molecule has 8 heteroatoms. The molecular weight excluding hydrogens is 486 g/mol. The first-order valence-corrected chi connectivity index (χ1v) is 13.1. The molecule has 5 rings (SSSR count). The smallest absolute Gasteiger partial charge is 0.240 e. The molecule has 38 heavy (non-hydrogen) atoms. The summed E-state index contributed by atoms with van der Waals surface area (Å²) in [4.78, 5) is 20.2. The number of halogens is 2. The van der Waals surface area contributed by atoms with Gasteiger partial charge in [-0.05, 0) is 30.2 Å². The highest BCUT2D eigenvalue weighted by atomic mass is 19.1. The lowest BCUT2D eigenvalue weighted by atomic mass is 10.1. The topological polar surface area (TPSA) is 48.1 Å². The third-order valence-electron chi connectivity index (χ3n) is 7.53. The molecule has 1 N–H and O–H groups in total. The average Bonchev–Trinajstić information content (AvgIpc) is 3.35. The van der Waals surface area contributed by atoms with Crippen LogP contribution in [0.4, 0.5) is 14.5 Å². The maximum atomic E-state index is 14.2. The van der Waals surface area contributed by atoms with Crippen molar-refractivity contribution in [1.82, 2.24) is 15.1 Å². The Morgan fingerprint density at radius 3 is 2.45 bits per heavy atom. The fourth-order valence-corrected chi connectivity index (χ4v) is 5.49. The van der Waals surface area contributed by atoms with Gasteiger partial charge in [-0.3, -0.25) is 9.69 Å². The second-order valence-corrected chi connectivity index (χ2v) is 9.96. The van der Waals surface area contributed by atoms with Crippen molar-refractivity contribution >= 4 is 11.6 Å². The molecule has 2 atom stereocenters. The van der Waals surface area contributed by atoms with E-state index in [0.717, 1.165) is 36.2 Å². The lowest BCUT2D eigenvalue weighted by molar-refractivity contribution is -0.136. The van der Waals surface area contributed by atoms with Crippen molar-refractivity contribution in [3.8, 4) is 5.75 Å². The first-order chi connectivity index (χ1) is 18.5. The predicted molar refractivity (Wildman–Crippen MR) is 144 cm³/mol. The number of rotatable bonds is 8. The quantitative estimate of drug-likeness (QED) is 0.486. The van der Waals surface area contributed by atoms with Crippen LogP contribution in [0.2, 0.25) is 0 Å². The van der Waals surface area contributed by atoms with Gasteiger partial charge < -0.3 is 19.9 Å². The lowest BCUT2D eigenvalue weighted by Crippen LogP contribution is -2.53. The SMILES string of the molecule is COc1ccccc1N1CCN(C(=O)[C@@H]2C[C@@H](NCc3ccc(F)cc3F)CN2Cc2ccccc2)CC1. The van der Waals surface area contributed by atoms with E-state index in [0.29, 0.717) is 38.2 Å². The fourth-order valence-electron chi connectivity index (χ4n) is 5.49. The lowest BCUT2D eigenvalue weighted by Gasteiger charge is -2.38. The number of hydrogen-bond acceptors (Lipinski definition) is 5. The molecular formula is C30H34F2N4O2. The third-order valence-corrected chi connectivity index (χ3v) is 7.53. The minimum atomic E-state index is -0.586. The number of nitrogens with zero attached hydrogens (tertiary/aromatic N) is 3. The molecule has 0 radical (unpaired) electrons. The van der Waals surface area contributed by atoms with E-state index in [1.807, 2.05) is 41.3 Å². The molecule has 200 valence electrons. The van der Waals surface area contributed by atoms with Gasteiger partial charge in [-0.2, -0.15) is 0 Å². The largest absolute Gasteiger partial charge is 0.495 e. The van der Waals surface area contributed by atoms with Crippen LogP contribution >= 0.6 is 0 Å². The maximum Gasteiger partial charge on any atom is 0.240 e. The molecule has 1 amide bonds. The van der Waals surface area contributed by atoms with Crippen molar-refractivity contribution in [2.45, 2.75) is 31.6 Å². The molecule has 2 saturated heterocycles. The Hall–Kier alpha value is -3.49. The number of para-hydroxylation sites is 2. The van der Waals surface area contributed by atoms with E-state index in [1.54, 1.807) is 7.11 Å². The second-order valence-electron chi connectivity index (χ2n) is 9.96. The van der Waals surface area contributed by atoms with Gasteiger partial charge in [0.25, 0.3) is 0 Å². The standard InChI is InChI=1S/C30H34F2N4O2/c1-38-29-10-6-5-9-27(29)34-13-15-35(16-14-34)30(37)28-18-25(21-36(28)20-22-7-3-2-4-8-22)33-19-23-11-12-24(31)17-26(23)32/h2-12,17,25,28,33H,13-16,18-21H2,1H3/t25-,28+/m1/s1. The van der Waals surface area contributed by atoms with E-state index in [1.165, 1.54) is 12.1 Å². The molecule has 0 aromatic heterocycles. The Morgan fingerprint density at radius 2 is 1.71 bits per heavy atom.